The maximum atomic E-state index is 14.9. The van der Waals surface area contributed by atoms with Crippen molar-refractivity contribution in [2.45, 2.75) is 83.8 Å². The minimum Gasteiger partial charge on any atom is -0.496 e. The number of carbonyl (C=O) groups is 3. The van der Waals surface area contributed by atoms with Gasteiger partial charge in [0.1, 0.15) is 5.75 Å². The monoisotopic (exact) mass is 532 g/mol. The first-order chi connectivity index (χ1) is 18.2. The predicted molar refractivity (Wildman–Crippen MR) is 140 cm³/mol. The molecule has 0 aromatic heterocycles. The molecule has 0 radical (unpaired) electrons. The van der Waals surface area contributed by atoms with Crippen molar-refractivity contribution in [1.29, 1.82) is 0 Å². The molecule has 3 fully saturated rings. The van der Waals surface area contributed by atoms with Crippen molar-refractivity contribution in [3.05, 3.63) is 23.5 Å². The van der Waals surface area contributed by atoms with Gasteiger partial charge in [-0.15, -0.1) is 0 Å². The molecule has 3 aliphatic rings. The quantitative estimate of drug-likeness (QED) is 0.385. The molecule has 0 heterocycles. The van der Waals surface area contributed by atoms with E-state index in [9.17, 15) is 23.9 Å². The lowest BCUT2D eigenvalue weighted by atomic mass is 9.83. The van der Waals surface area contributed by atoms with Crippen LogP contribution in [0.3, 0.4) is 0 Å². The Balaban J connectivity index is 1.46. The Morgan fingerprint density at radius 3 is 2.34 bits per heavy atom. The van der Waals surface area contributed by atoms with E-state index in [2.05, 4.69) is 24.5 Å². The minimum absolute atomic E-state index is 0.00135. The molecule has 4 atom stereocenters. The molecule has 4 rings (SSSR count). The summed E-state index contributed by atoms with van der Waals surface area (Å²) in [4.78, 5) is 37.9. The number of amides is 2. The lowest BCUT2D eigenvalue weighted by Crippen LogP contribution is -2.50. The van der Waals surface area contributed by atoms with Gasteiger partial charge in [-0.25, -0.2) is 4.39 Å². The number of ether oxygens (including phenoxy) is 2. The van der Waals surface area contributed by atoms with Gasteiger partial charge in [-0.05, 0) is 68.8 Å². The molecule has 2 amide bonds. The summed E-state index contributed by atoms with van der Waals surface area (Å²) >= 11 is 0. The van der Waals surface area contributed by atoms with Crippen molar-refractivity contribution in [3.63, 3.8) is 0 Å². The first kappa shape index (κ1) is 28.2. The van der Waals surface area contributed by atoms with E-state index >= 15 is 0 Å². The Kier molecular flexibility index (Phi) is 9.15. The van der Waals surface area contributed by atoms with E-state index in [0.29, 0.717) is 38.1 Å². The number of methoxy groups -OCH3 is 1. The van der Waals surface area contributed by atoms with Crippen LogP contribution in [-0.4, -0.2) is 48.7 Å². The zero-order chi connectivity index (χ0) is 27.4. The van der Waals surface area contributed by atoms with Crippen LogP contribution in [0.15, 0.2) is 12.1 Å². The van der Waals surface area contributed by atoms with Crippen LogP contribution in [0.2, 0.25) is 0 Å². The number of hydrogen-bond donors (Lipinski definition) is 3. The Morgan fingerprint density at radius 2 is 1.71 bits per heavy atom. The zero-order valence-electron chi connectivity index (χ0n) is 22.6. The number of halogens is 1. The van der Waals surface area contributed by atoms with E-state index in [1.165, 1.54) is 13.2 Å². The Hall–Kier alpha value is -2.84. The number of rotatable bonds is 11. The number of nitrogens with one attached hydrogen (secondary N) is 2. The first-order valence-corrected chi connectivity index (χ1v) is 14.1. The van der Waals surface area contributed by atoms with E-state index in [1.54, 1.807) is 0 Å². The van der Waals surface area contributed by atoms with Gasteiger partial charge in [0.05, 0.1) is 30.6 Å². The van der Waals surface area contributed by atoms with Crippen molar-refractivity contribution < 1.29 is 33.4 Å². The molecule has 1 aromatic carbocycles. The van der Waals surface area contributed by atoms with Gasteiger partial charge in [-0.3, -0.25) is 14.4 Å². The molecular weight excluding hydrogens is 491 g/mol. The average molecular weight is 533 g/mol. The highest BCUT2D eigenvalue weighted by molar-refractivity contribution is 5.98. The molecule has 210 valence electrons. The fraction of sp³-hybridized carbons (Fsp3) is 0.690. The van der Waals surface area contributed by atoms with Gasteiger partial charge >= 0.3 is 5.97 Å². The maximum Gasteiger partial charge on any atom is 0.306 e. The standard InChI is InChI=1S/C29H41FN2O6/c1-4-16(5-2)15-31-28(34)25-18-6-7-19(12-18)26(25)32-27(33)21-13-24(22(30)14-23(21)37-3)38-20-10-8-17(9-11-20)29(35)36/h13-14,16-20,25-26H,4-12,15H2,1-3H3,(H,31,34)(H,32,33)(H,35,36)/t17-,18-,19+,20+,25+,26-/m1/s1. The van der Waals surface area contributed by atoms with E-state index in [4.69, 9.17) is 9.47 Å². The minimum atomic E-state index is -0.818. The van der Waals surface area contributed by atoms with E-state index < -0.39 is 23.6 Å². The van der Waals surface area contributed by atoms with Gasteiger partial charge < -0.3 is 25.2 Å². The topological polar surface area (TPSA) is 114 Å². The van der Waals surface area contributed by atoms with Gasteiger partial charge in [0, 0.05) is 18.7 Å². The van der Waals surface area contributed by atoms with Crippen LogP contribution >= 0.6 is 0 Å². The highest BCUT2D eigenvalue weighted by Gasteiger charge is 2.51. The molecular formula is C29H41FN2O6. The van der Waals surface area contributed by atoms with Crippen LogP contribution in [0, 0.1) is 35.4 Å². The summed E-state index contributed by atoms with van der Waals surface area (Å²) in [5, 5.41) is 15.4. The molecule has 38 heavy (non-hydrogen) atoms. The fourth-order valence-electron chi connectivity index (χ4n) is 6.62. The molecule has 8 nitrogen and oxygen atoms in total. The molecule has 0 aliphatic heterocycles. The number of carboxylic acid groups (broad SMARTS) is 1. The summed E-state index contributed by atoms with van der Waals surface area (Å²) < 4.78 is 26.1. The summed E-state index contributed by atoms with van der Waals surface area (Å²) in [7, 11) is 1.38. The summed E-state index contributed by atoms with van der Waals surface area (Å²) in [6.07, 6.45) is 6.51. The van der Waals surface area contributed by atoms with Crippen LogP contribution in [0.1, 0.15) is 82.0 Å². The van der Waals surface area contributed by atoms with Gasteiger partial charge in [-0.2, -0.15) is 0 Å². The Labute approximate surface area is 224 Å². The highest BCUT2D eigenvalue weighted by atomic mass is 19.1. The molecule has 1 aromatic rings. The van der Waals surface area contributed by atoms with Crippen molar-refractivity contribution in [2.24, 2.45) is 29.6 Å². The van der Waals surface area contributed by atoms with Crippen molar-refractivity contribution in [3.8, 4) is 11.5 Å². The van der Waals surface area contributed by atoms with Crippen LogP contribution < -0.4 is 20.1 Å². The van der Waals surface area contributed by atoms with Crippen molar-refractivity contribution in [2.75, 3.05) is 13.7 Å². The Bertz CT molecular complexity index is 1020. The molecule has 0 saturated heterocycles. The van der Waals surface area contributed by atoms with Gasteiger partial charge in [-0.1, -0.05) is 26.7 Å². The SMILES string of the molecule is CCC(CC)CNC(=O)[C@H]1[C@@H]2CC[C@@H](C2)[C@H]1NC(=O)c1cc(O[C@H]2CC[C@@H](C(=O)O)CC2)c(F)cc1OC. The molecule has 0 unspecified atom stereocenters. The average Bonchev–Trinajstić information content (AvgIpc) is 3.52. The maximum absolute atomic E-state index is 14.9. The number of hydrogen-bond acceptors (Lipinski definition) is 5. The number of aliphatic carboxylic acids is 1. The molecule has 0 spiro atoms. The number of fused-ring (bicyclic) bond motifs is 2. The second kappa shape index (κ2) is 12.3. The second-order valence-corrected chi connectivity index (χ2v) is 11.2. The highest BCUT2D eigenvalue weighted by Crippen LogP contribution is 2.49. The third kappa shape index (κ3) is 6.07. The zero-order valence-corrected chi connectivity index (χ0v) is 22.6. The summed E-state index contributed by atoms with van der Waals surface area (Å²) in [6, 6.07) is 2.23. The number of carboxylic acids is 1. The third-order valence-corrected chi connectivity index (χ3v) is 9.05. The van der Waals surface area contributed by atoms with Crippen LogP contribution in [0.4, 0.5) is 4.39 Å². The van der Waals surface area contributed by atoms with Crippen molar-refractivity contribution >= 4 is 17.8 Å². The van der Waals surface area contributed by atoms with E-state index in [1.807, 2.05) is 0 Å². The largest absolute Gasteiger partial charge is 0.496 e. The first-order valence-electron chi connectivity index (χ1n) is 14.1. The third-order valence-electron chi connectivity index (χ3n) is 9.05. The number of benzene rings is 1. The fourth-order valence-corrected chi connectivity index (χ4v) is 6.62. The van der Waals surface area contributed by atoms with Crippen molar-refractivity contribution in [1.82, 2.24) is 10.6 Å². The van der Waals surface area contributed by atoms with Crippen LogP contribution in [0.25, 0.3) is 0 Å². The smallest absolute Gasteiger partial charge is 0.306 e. The molecule has 2 bridgehead atoms. The second-order valence-electron chi connectivity index (χ2n) is 11.2. The van der Waals surface area contributed by atoms with E-state index in [-0.39, 0.29) is 52.9 Å². The molecule has 3 saturated carbocycles. The van der Waals surface area contributed by atoms with Gasteiger partial charge in [0.15, 0.2) is 11.6 Å². The van der Waals surface area contributed by atoms with Crippen LogP contribution in [-0.2, 0) is 9.59 Å². The summed E-state index contributed by atoms with van der Waals surface area (Å²) in [5.41, 5.74) is 0.155. The van der Waals surface area contributed by atoms with E-state index in [0.717, 1.165) is 38.2 Å². The molecule has 9 heteroatoms. The normalized spacial score (nSPS) is 28.2. The summed E-state index contributed by atoms with van der Waals surface area (Å²) in [5.74, 6) is -1.59. The molecule has 3 N–H and O–H groups in total. The molecule has 3 aliphatic carbocycles. The Morgan fingerprint density at radius 1 is 1.03 bits per heavy atom. The number of carbonyl (C=O) groups excluding carboxylic acids is 2. The lowest BCUT2D eigenvalue weighted by molar-refractivity contribution is -0.143. The van der Waals surface area contributed by atoms with Crippen LogP contribution in [0.5, 0.6) is 11.5 Å². The van der Waals surface area contributed by atoms with Gasteiger partial charge in [0.25, 0.3) is 5.91 Å². The predicted octanol–water partition coefficient (Wildman–Crippen LogP) is 4.55. The lowest BCUT2D eigenvalue weighted by Gasteiger charge is -2.31. The summed E-state index contributed by atoms with van der Waals surface area (Å²) in [6.45, 7) is 4.88. The van der Waals surface area contributed by atoms with Gasteiger partial charge in [0.2, 0.25) is 5.91 Å².